The monoisotopic (exact) mass is 173 g/mol. The van der Waals surface area contributed by atoms with Crippen molar-refractivity contribution in [3.05, 3.63) is 0 Å². The van der Waals surface area contributed by atoms with E-state index < -0.39 is 0 Å². The average molecular weight is 173 g/mol. The minimum absolute atomic E-state index is 0.110. The zero-order valence-electron chi connectivity index (χ0n) is 7.17. The van der Waals surface area contributed by atoms with E-state index in [1.807, 2.05) is 6.92 Å². The molecule has 70 valence electrons. The Kier molecular flexibility index (Phi) is 3.46. The first-order valence-electron chi connectivity index (χ1n) is 4.11. The van der Waals surface area contributed by atoms with Gasteiger partial charge in [0.1, 0.15) is 0 Å². The van der Waals surface area contributed by atoms with Crippen LogP contribution in [0.4, 0.5) is 0 Å². The minimum atomic E-state index is -0.154. The molecule has 0 aromatic carbocycles. The number of ether oxygens (including phenoxy) is 1. The van der Waals surface area contributed by atoms with Crippen LogP contribution >= 0.6 is 0 Å². The number of hydrogen-bond donors (Lipinski definition) is 3. The summed E-state index contributed by atoms with van der Waals surface area (Å²) in [6.07, 6.45) is 0. The highest BCUT2D eigenvalue weighted by atomic mass is 16.5. The van der Waals surface area contributed by atoms with Crippen molar-refractivity contribution in [3.8, 4) is 0 Å². The third kappa shape index (κ3) is 1.94. The molecule has 0 bridgehead atoms. The number of rotatable bonds is 3. The number of nitrogens with one attached hydrogen (secondary N) is 2. The normalized spacial score (nSPS) is 28.8. The van der Waals surface area contributed by atoms with Crippen molar-refractivity contribution in [2.24, 2.45) is 11.8 Å². The largest absolute Gasteiger partial charge is 0.379 e. The molecule has 0 saturated carbocycles. The Morgan fingerprint density at radius 3 is 3.00 bits per heavy atom. The third-order valence-electron chi connectivity index (χ3n) is 2.03. The number of nitrogens with two attached hydrogens (primary N) is 1. The second-order valence-electron chi connectivity index (χ2n) is 2.82. The van der Waals surface area contributed by atoms with E-state index in [4.69, 9.17) is 10.6 Å². The van der Waals surface area contributed by atoms with E-state index in [1.54, 1.807) is 0 Å². The van der Waals surface area contributed by atoms with E-state index in [9.17, 15) is 4.79 Å². The van der Waals surface area contributed by atoms with Crippen molar-refractivity contribution in [2.45, 2.75) is 13.0 Å². The SMILES string of the molecule is CCNC1COCC1C(=O)NN. The Labute approximate surface area is 71.6 Å². The van der Waals surface area contributed by atoms with Gasteiger partial charge in [-0.3, -0.25) is 10.2 Å². The Balaban J connectivity index is 2.45. The Morgan fingerprint density at radius 1 is 1.67 bits per heavy atom. The average Bonchev–Trinajstić information content (AvgIpc) is 2.52. The van der Waals surface area contributed by atoms with Gasteiger partial charge in [0, 0.05) is 6.04 Å². The van der Waals surface area contributed by atoms with Crippen LogP contribution in [-0.4, -0.2) is 31.7 Å². The first-order chi connectivity index (χ1) is 5.79. The topological polar surface area (TPSA) is 76.4 Å². The Hall–Kier alpha value is -0.650. The smallest absolute Gasteiger partial charge is 0.240 e. The fraction of sp³-hybridized carbons (Fsp3) is 0.857. The van der Waals surface area contributed by atoms with Crippen molar-refractivity contribution < 1.29 is 9.53 Å². The van der Waals surface area contributed by atoms with Gasteiger partial charge in [-0.1, -0.05) is 6.92 Å². The van der Waals surface area contributed by atoms with Crippen LogP contribution in [0.2, 0.25) is 0 Å². The summed E-state index contributed by atoms with van der Waals surface area (Å²) in [6, 6.07) is 0.110. The molecule has 12 heavy (non-hydrogen) atoms. The van der Waals surface area contributed by atoms with Crippen LogP contribution in [0.25, 0.3) is 0 Å². The Bertz CT molecular complexity index is 163. The summed E-state index contributed by atoms with van der Waals surface area (Å²) >= 11 is 0. The molecule has 0 aliphatic carbocycles. The van der Waals surface area contributed by atoms with Gasteiger partial charge < -0.3 is 10.1 Å². The summed E-state index contributed by atoms with van der Waals surface area (Å²) in [5, 5.41) is 3.17. The van der Waals surface area contributed by atoms with Gasteiger partial charge in [-0.05, 0) is 6.54 Å². The number of likely N-dealkylation sites (N-methyl/N-ethyl adjacent to an activating group) is 1. The fourth-order valence-corrected chi connectivity index (χ4v) is 1.38. The Morgan fingerprint density at radius 2 is 2.42 bits per heavy atom. The maximum Gasteiger partial charge on any atom is 0.240 e. The predicted octanol–water partition coefficient (Wildman–Crippen LogP) is -1.40. The van der Waals surface area contributed by atoms with E-state index in [0.717, 1.165) is 6.54 Å². The van der Waals surface area contributed by atoms with E-state index in [0.29, 0.717) is 13.2 Å². The lowest BCUT2D eigenvalue weighted by atomic mass is 10.0. The van der Waals surface area contributed by atoms with Gasteiger partial charge in [0.15, 0.2) is 0 Å². The molecule has 0 radical (unpaired) electrons. The van der Waals surface area contributed by atoms with Crippen molar-refractivity contribution in [3.63, 3.8) is 0 Å². The highest BCUT2D eigenvalue weighted by Crippen LogP contribution is 2.12. The molecule has 0 aromatic rings. The van der Waals surface area contributed by atoms with E-state index in [-0.39, 0.29) is 17.9 Å². The quantitative estimate of drug-likeness (QED) is 0.279. The van der Waals surface area contributed by atoms with Gasteiger partial charge in [-0.2, -0.15) is 0 Å². The molecule has 1 heterocycles. The first-order valence-corrected chi connectivity index (χ1v) is 4.11. The highest BCUT2D eigenvalue weighted by Gasteiger charge is 2.32. The van der Waals surface area contributed by atoms with Crippen molar-refractivity contribution >= 4 is 5.91 Å². The summed E-state index contributed by atoms with van der Waals surface area (Å²) in [7, 11) is 0. The standard InChI is InChI=1S/C7H15N3O2/c1-2-9-6-4-12-3-5(6)7(11)10-8/h5-6,9H,2-4,8H2,1H3,(H,10,11). The molecule has 2 atom stereocenters. The van der Waals surface area contributed by atoms with Gasteiger partial charge in [0.05, 0.1) is 19.1 Å². The third-order valence-corrected chi connectivity index (χ3v) is 2.03. The molecule has 0 aromatic heterocycles. The summed E-state index contributed by atoms with van der Waals surface area (Å²) in [5.74, 6) is 4.73. The second-order valence-corrected chi connectivity index (χ2v) is 2.82. The van der Waals surface area contributed by atoms with E-state index in [1.165, 1.54) is 0 Å². The fourth-order valence-electron chi connectivity index (χ4n) is 1.38. The number of carbonyl (C=O) groups excluding carboxylic acids is 1. The number of amides is 1. The molecule has 1 aliphatic heterocycles. The lowest BCUT2D eigenvalue weighted by Gasteiger charge is -2.15. The van der Waals surface area contributed by atoms with Gasteiger partial charge >= 0.3 is 0 Å². The maximum absolute atomic E-state index is 11.1. The van der Waals surface area contributed by atoms with Crippen LogP contribution in [0, 0.1) is 5.92 Å². The van der Waals surface area contributed by atoms with Crippen LogP contribution in [0.5, 0.6) is 0 Å². The van der Waals surface area contributed by atoms with Crippen LogP contribution < -0.4 is 16.6 Å². The molecule has 1 amide bonds. The van der Waals surface area contributed by atoms with Gasteiger partial charge in [0.25, 0.3) is 0 Å². The molecule has 1 saturated heterocycles. The van der Waals surface area contributed by atoms with Gasteiger partial charge in [0.2, 0.25) is 5.91 Å². The summed E-state index contributed by atoms with van der Waals surface area (Å²) < 4.78 is 5.17. The molecule has 2 unspecified atom stereocenters. The highest BCUT2D eigenvalue weighted by molar-refractivity contribution is 5.79. The van der Waals surface area contributed by atoms with E-state index >= 15 is 0 Å². The zero-order chi connectivity index (χ0) is 8.97. The van der Waals surface area contributed by atoms with Crippen molar-refractivity contribution in [2.75, 3.05) is 19.8 Å². The summed E-state index contributed by atoms with van der Waals surface area (Å²) in [4.78, 5) is 11.1. The molecule has 4 N–H and O–H groups in total. The number of hydrazine groups is 1. The minimum Gasteiger partial charge on any atom is -0.379 e. The van der Waals surface area contributed by atoms with Crippen LogP contribution in [0.15, 0.2) is 0 Å². The van der Waals surface area contributed by atoms with Gasteiger partial charge in [-0.25, -0.2) is 5.84 Å². The lowest BCUT2D eigenvalue weighted by Crippen LogP contribution is -2.45. The molecular weight excluding hydrogens is 158 g/mol. The maximum atomic E-state index is 11.1. The number of hydrogen-bond acceptors (Lipinski definition) is 4. The molecule has 5 nitrogen and oxygen atoms in total. The first kappa shape index (κ1) is 9.44. The zero-order valence-corrected chi connectivity index (χ0v) is 7.17. The van der Waals surface area contributed by atoms with E-state index in [2.05, 4.69) is 10.7 Å². The summed E-state index contributed by atoms with van der Waals surface area (Å²) in [6.45, 7) is 3.88. The molecule has 0 spiro atoms. The predicted molar refractivity (Wildman–Crippen MR) is 44.1 cm³/mol. The van der Waals surface area contributed by atoms with Gasteiger partial charge in [-0.15, -0.1) is 0 Å². The van der Waals surface area contributed by atoms with Crippen LogP contribution in [0.3, 0.4) is 0 Å². The molecular formula is C7H15N3O2. The van der Waals surface area contributed by atoms with Crippen LogP contribution in [-0.2, 0) is 9.53 Å². The van der Waals surface area contributed by atoms with Crippen LogP contribution in [0.1, 0.15) is 6.92 Å². The second kappa shape index (κ2) is 4.39. The summed E-state index contributed by atoms with van der Waals surface area (Å²) in [5.41, 5.74) is 2.14. The molecule has 1 fully saturated rings. The van der Waals surface area contributed by atoms with Crippen molar-refractivity contribution in [1.29, 1.82) is 0 Å². The molecule has 1 rings (SSSR count). The molecule has 5 heteroatoms. The molecule has 1 aliphatic rings. The number of carbonyl (C=O) groups is 1. The lowest BCUT2D eigenvalue weighted by molar-refractivity contribution is -0.125. The van der Waals surface area contributed by atoms with Crippen molar-refractivity contribution in [1.82, 2.24) is 10.7 Å².